The summed E-state index contributed by atoms with van der Waals surface area (Å²) in [6.07, 6.45) is 2.00. The van der Waals surface area contributed by atoms with Crippen molar-refractivity contribution in [3.63, 3.8) is 0 Å². The average molecular weight is 342 g/mol. The normalized spacial score (nSPS) is 10.7. The van der Waals surface area contributed by atoms with Crippen molar-refractivity contribution in [3.8, 4) is 11.5 Å². The summed E-state index contributed by atoms with van der Waals surface area (Å²) < 4.78 is 31.5. The van der Waals surface area contributed by atoms with Gasteiger partial charge in [-0.1, -0.05) is 17.7 Å². The third kappa shape index (κ3) is 4.09. The molecule has 1 amide bonds. The van der Waals surface area contributed by atoms with E-state index in [9.17, 15) is 13.6 Å². The minimum absolute atomic E-state index is 0.0689. The molecular weight excluding hydrogens is 326 g/mol. The Morgan fingerprint density at radius 2 is 1.88 bits per heavy atom. The summed E-state index contributed by atoms with van der Waals surface area (Å²) >= 11 is 0. The molecule has 0 aliphatic rings. The highest BCUT2D eigenvalue weighted by molar-refractivity contribution is 5.94. The molecule has 0 radical (unpaired) electrons. The average Bonchev–Trinajstić information content (AvgIpc) is 3.06. The summed E-state index contributed by atoms with van der Waals surface area (Å²) in [5.41, 5.74) is 2.79. The van der Waals surface area contributed by atoms with Crippen molar-refractivity contribution in [1.82, 2.24) is 10.3 Å². The number of halogens is 2. The lowest BCUT2D eigenvalue weighted by Gasteiger charge is -2.04. The van der Waals surface area contributed by atoms with E-state index in [0.717, 1.165) is 23.3 Å². The number of nitrogens with one attached hydrogen (secondary N) is 1. The Morgan fingerprint density at radius 1 is 1.12 bits per heavy atom. The number of rotatable bonds is 5. The van der Waals surface area contributed by atoms with Gasteiger partial charge < -0.3 is 9.73 Å². The van der Waals surface area contributed by atoms with E-state index in [-0.39, 0.29) is 5.56 Å². The second kappa shape index (κ2) is 7.25. The molecule has 0 unspecified atom stereocenters. The number of aromatic nitrogens is 1. The van der Waals surface area contributed by atoms with Gasteiger partial charge in [-0.25, -0.2) is 13.8 Å². The SMILES string of the molecule is Cc1ccc(-c2nc(CCNC(=O)c3ccc(F)c(F)c3)co2)cc1. The van der Waals surface area contributed by atoms with Crippen molar-refractivity contribution in [2.75, 3.05) is 6.54 Å². The van der Waals surface area contributed by atoms with Gasteiger partial charge in [0.15, 0.2) is 11.6 Å². The summed E-state index contributed by atoms with van der Waals surface area (Å²) in [4.78, 5) is 16.3. The van der Waals surface area contributed by atoms with Gasteiger partial charge in [0.1, 0.15) is 6.26 Å². The van der Waals surface area contributed by atoms with Crippen molar-refractivity contribution < 1.29 is 18.0 Å². The van der Waals surface area contributed by atoms with Gasteiger partial charge in [-0.15, -0.1) is 0 Å². The van der Waals surface area contributed by atoms with Gasteiger partial charge in [0.25, 0.3) is 5.91 Å². The first-order valence-corrected chi connectivity index (χ1v) is 7.77. The molecule has 0 atom stereocenters. The standard InChI is InChI=1S/C19H16F2N2O2/c1-12-2-4-13(5-3-12)19-23-15(11-25-19)8-9-22-18(24)14-6-7-16(20)17(21)10-14/h2-7,10-11H,8-9H2,1H3,(H,22,24). The summed E-state index contributed by atoms with van der Waals surface area (Å²) in [6, 6.07) is 10.8. The lowest BCUT2D eigenvalue weighted by atomic mass is 10.1. The van der Waals surface area contributed by atoms with E-state index in [0.29, 0.717) is 24.6 Å². The van der Waals surface area contributed by atoms with Crippen LogP contribution in [0.25, 0.3) is 11.5 Å². The number of carbonyl (C=O) groups excluding carboxylic acids is 1. The van der Waals surface area contributed by atoms with Gasteiger partial charge in [-0.05, 0) is 37.3 Å². The molecule has 0 saturated carbocycles. The zero-order chi connectivity index (χ0) is 17.8. The van der Waals surface area contributed by atoms with Crippen LogP contribution in [0, 0.1) is 18.6 Å². The van der Waals surface area contributed by atoms with E-state index < -0.39 is 17.5 Å². The summed E-state index contributed by atoms with van der Waals surface area (Å²) in [7, 11) is 0. The van der Waals surface area contributed by atoms with Crippen LogP contribution in [-0.4, -0.2) is 17.4 Å². The Bertz CT molecular complexity index is 889. The highest BCUT2D eigenvalue weighted by Crippen LogP contribution is 2.19. The number of hydrogen-bond donors (Lipinski definition) is 1. The highest BCUT2D eigenvalue weighted by Gasteiger charge is 2.10. The summed E-state index contributed by atoms with van der Waals surface area (Å²) in [5.74, 6) is -1.99. The van der Waals surface area contributed by atoms with Gasteiger partial charge in [0.05, 0.1) is 5.69 Å². The smallest absolute Gasteiger partial charge is 0.251 e. The van der Waals surface area contributed by atoms with Gasteiger partial charge in [0.2, 0.25) is 5.89 Å². The lowest BCUT2D eigenvalue weighted by molar-refractivity contribution is 0.0953. The van der Waals surface area contributed by atoms with Crippen molar-refractivity contribution in [3.05, 3.63) is 77.2 Å². The lowest BCUT2D eigenvalue weighted by Crippen LogP contribution is -2.25. The molecular formula is C19H16F2N2O2. The number of amides is 1. The topological polar surface area (TPSA) is 55.1 Å². The number of hydrogen-bond acceptors (Lipinski definition) is 3. The number of oxazole rings is 1. The van der Waals surface area contributed by atoms with E-state index >= 15 is 0 Å². The first-order chi connectivity index (χ1) is 12.0. The zero-order valence-electron chi connectivity index (χ0n) is 13.6. The fraction of sp³-hybridized carbons (Fsp3) is 0.158. The number of nitrogens with zero attached hydrogens (tertiary/aromatic N) is 1. The molecule has 0 fully saturated rings. The molecule has 0 spiro atoms. The number of carbonyl (C=O) groups is 1. The molecule has 0 bridgehead atoms. The minimum atomic E-state index is -1.05. The van der Waals surface area contributed by atoms with Crippen LogP contribution in [-0.2, 0) is 6.42 Å². The predicted molar refractivity (Wildman–Crippen MR) is 89.1 cm³/mol. The van der Waals surface area contributed by atoms with Crippen LogP contribution >= 0.6 is 0 Å². The van der Waals surface area contributed by atoms with Gasteiger partial charge in [-0.2, -0.15) is 0 Å². The molecule has 128 valence electrons. The monoisotopic (exact) mass is 342 g/mol. The fourth-order valence-corrected chi connectivity index (χ4v) is 2.29. The van der Waals surface area contributed by atoms with E-state index in [1.54, 1.807) is 6.26 Å². The van der Waals surface area contributed by atoms with E-state index in [1.165, 1.54) is 6.07 Å². The van der Waals surface area contributed by atoms with Crippen molar-refractivity contribution in [2.24, 2.45) is 0 Å². The van der Waals surface area contributed by atoms with Crippen LogP contribution in [0.5, 0.6) is 0 Å². The molecule has 2 aromatic carbocycles. The maximum Gasteiger partial charge on any atom is 0.251 e. The fourth-order valence-electron chi connectivity index (χ4n) is 2.29. The Morgan fingerprint density at radius 3 is 2.60 bits per heavy atom. The van der Waals surface area contributed by atoms with Crippen LogP contribution in [0.3, 0.4) is 0 Å². The molecule has 1 aromatic heterocycles. The maximum absolute atomic E-state index is 13.1. The second-order valence-corrected chi connectivity index (χ2v) is 5.64. The molecule has 6 heteroatoms. The molecule has 3 aromatic rings. The molecule has 1 heterocycles. The van der Waals surface area contributed by atoms with Gasteiger partial charge in [0, 0.05) is 24.1 Å². The molecule has 0 saturated heterocycles. The molecule has 1 N–H and O–H groups in total. The summed E-state index contributed by atoms with van der Waals surface area (Å²) in [5, 5.41) is 2.64. The van der Waals surface area contributed by atoms with Crippen molar-refractivity contribution in [1.29, 1.82) is 0 Å². The second-order valence-electron chi connectivity index (χ2n) is 5.64. The Hall–Kier alpha value is -3.02. The largest absolute Gasteiger partial charge is 0.444 e. The Kier molecular flexibility index (Phi) is 4.88. The molecule has 4 nitrogen and oxygen atoms in total. The van der Waals surface area contributed by atoms with E-state index in [4.69, 9.17) is 4.42 Å². The van der Waals surface area contributed by atoms with E-state index in [1.807, 2.05) is 31.2 Å². The number of aryl methyl sites for hydroxylation is 1. The van der Waals surface area contributed by atoms with Crippen LogP contribution < -0.4 is 5.32 Å². The third-order valence-electron chi connectivity index (χ3n) is 3.70. The minimum Gasteiger partial charge on any atom is -0.444 e. The van der Waals surface area contributed by atoms with E-state index in [2.05, 4.69) is 10.3 Å². The summed E-state index contributed by atoms with van der Waals surface area (Å²) in [6.45, 7) is 2.30. The van der Waals surface area contributed by atoms with Crippen LogP contribution in [0.4, 0.5) is 8.78 Å². The van der Waals surface area contributed by atoms with Gasteiger partial charge in [-0.3, -0.25) is 4.79 Å². The molecule has 25 heavy (non-hydrogen) atoms. The molecule has 3 rings (SSSR count). The molecule has 0 aliphatic heterocycles. The predicted octanol–water partition coefficient (Wildman–Crippen LogP) is 3.90. The van der Waals surface area contributed by atoms with Crippen molar-refractivity contribution >= 4 is 5.91 Å². The van der Waals surface area contributed by atoms with Crippen LogP contribution in [0.1, 0.15) is 21.6 Å². The Balaban J connectivity index is 1.56. The number of benzene rings is 2. The third-order valence-corrected chi connectivity index (χ3v) is 3.70. The van der Waals surface area contributed by atoms with Crippen molar-refractivity contribution in [2.45, 2.75) is 13.3 Å². The van der Waals surface area contributed by atoms with Crippen LogP contribution in [0.2, 0.25) is 0 Å². The quantitative estimate of drug-likeness (QED) is 0.765. The first-order valence-electron chi connectivity index (χ1n) is 7.77. The molecule has 0 aliphatic carbocycles. The maximum atomic E-state index is 13.1. The highest BCUT2D eigenvalue weighted by atomic mass is 19.2. The van der Waals surface area contributed by atoms with Crippen LogP contribution in [0.15, 0.2) is 53.1 Å². The Labute approximate surface area is 143 Å². The zero-order valence-corrected chi connectivity index (χ0v) is 13.6. The van der Waals surface area contributed by atoms with Gasteiger partial charge >= 0.3 is 0 Å². The first kappa shape index (κ1) is 16.8.